The molecule has 0 fully saturated rings. The summed E-state index contributed by atoms with van der Waals surface area (Å²) < 4.78 is 10.6. The molecule has 0 saturated heterocycles. The molecule has 2 rings (SSSR count). The van der Waals surface area contributed by atoms with Crippen LogP contribution in [-0.2, 0) is 16.1 Å². The smallest absolute Gasteiger partial charge is 0.311 e. The summed E-state index contributed by atoms with van der Waals surface area (Å²) in [5, 5.41) is 14.5. The van der Waals surface area contributed by atoms with Crippen LogP contribution in [0.25, 0.3) is 0 Å². The molecule has 2 atom stereocenters. The maximum atomic E-state index is 13.1. The van der Waals surface area contributed by atoms with Crippen molar-refractivity contribution in [2.24, 2.45) is 0 Å². The number of benzene rings is 2. The Labute approximate surface area is 197 Å². The molecular formula is C23H28ClN3O6. The second-order valence-corrected chi connectivity index (χ2v) is 7.96. The van der Waals surface area contributed by atoms with Gasteiger partial charge in [-0.2, -0.15) is 0 Å². The molecule has 0 aliphatic rings. The first kappa shape index (κ1) is 25.9. The van der Waals surface area contributed by atoms with Gasteiger partial charge in [0.25, 0.3) is 5.91 Å². The summed E-state index contributed by atoms with van der Waals surface area (Å²) in [6.07, 6.45) is 0.756. The Balaban J connectivity index is 2.20. The minimum absolute atomic E-state index is 0.0158. The Morgan fingerprint density at radius 3 is 2.55 bits per heavy atom. The second-order valence-electron chi connectivity index (χ2n) is 7.52. The molecule has 0 aliphatic carbocycles. The Morgan fingerprint density at radius 1 is 1.21 bits per heavy atom. The molecule has 10 heteroatoms. The Morgan fingerprint density at radius 2 is 1.94 bits per heavy atom. The fourth-order valence-corrected chi connectivity index (χ4v) is 3.22. The first-order chi connectivity index (χ1) is 15.7. The van der Waals surface area contributed by atoms with Crippen molar-refractivity contribution in [1.29, 1.82) is 0 Å². The molecule has 2 amide bonds. The van der Waals surface area contributed by atoms with E-state index in [1.54, 1.807) is 25.1 Å². The number of halogens is 1. The fraction of sp³-hybridized carbons (Fsp3) is 0.391. The fourth-order valence-electron chi connectivity index (χ4n) is 3.01. The third-order valence-electron chi connectivity index (χ3n) is 5.12. The van der Waals surface area contributed by atoms with Gasteiger partial charge in [0.2, 0.25) is 11.7 Å². The summed E-state index contributed by atoms with van der Waals surface area (Å²) >= 11 is 6.08. The van der Waals surface area contributed by atoms with E-state index in [2.05, 4.69) is 5.32 Å². The topological polar surface area (TPSA) is 111 Å². The highest BCUT2D eigenvalue weighted by Gasteiger charge is 2.27. The average Bonchev–Trinajstić information content (AvgIpc) is 2.80. The largest absolute Gasteiger partial charge is 0.490 e. The Kier molecular flexibility index (Phi) is 9.47. The molecule has 0 spiro atoms. The predicted molar refractivity (Wildman–Crippen MR) is 125 cm³/mol. The van der Waals surface area contributed by atoms with E-state index < -0.39 is 16.9 Å². The van der Waals surface area contributed by atoms with Gasteiger partial charge in [0.1, 0.15) is 11.8 Å². The van der Waals surface area contributed by atoms with Gasteiger partial charge in [-0.25, -0.2) is 0 Å². The van der Waals surface area contributed by atoms with Crippen molar-refractivity contribution in [3.63, 3.8) is 0 Å². The van der Waals surface area contributed by atoms with Crippen LogP contribution in [0.1, 0.15) is 32.8 Å². The van der Waals surface area contributed by atoms with E-state index in [9.17, 15) is 19.7 Å². The first-order valence-corrected chi connectivity index (χ1v) is 10.8. The molecular weight excluding hydrogens is 450 g/mol. The Hall–Kier alpha value is -3.33. The number of hydrogen-bond acceptors (Lipinski definition) is 6. The molecule has 9 nitrogen and oxygen atoms in total. The lowest BCUT2D eigenvalue weighted by Crippen LogP contribution is -2.50. The lowest BCUT2D eigenvalue weighted by atomic mass is 10.1. The number of nitrogens with zero attached hydrogens (tertiary/aromatic N) is 2. The molecule has 0 bridgehead atoms. The normalized spacial score (nSPS) is 12.4. The molecule has 0 radical (unpaired) electrons. The molecule has 2 aromatic rings. The number of nitro benzene ring substituents is 1. The average molecular weight is 478 g/mol. The summed E-state index contributed by atoms with van der Waals surface area (Å²) in [5.74, 6) is -0.469. The van der Waals surface area contributed by atoms with Gasteiger partial charge in [0, 0.05) is 29.7 Å². The van der Waals surface area contributed by atoms with Crippen molar-refractivity contribution in [2.45, 2.75) is 45.8 Å². The zero-order chi connectivity index (χ0) is 24.5. The van der Waals surface area contributed by atoms with E-state index in [1.165, 1.54) is 30.2 Å². The SMILES string of the molecule is CC[C@@H](C)NC(=O)[C@@H](C)N(Cc1cccc(Cl)c1)C(=O)COc1ccc([N+](=O)[O-])c(OC)c1. The summed E-state index contributed by atoms with van der Waals surface area (Å²) in [6.45, 7) is 5.27. The summed E-state index contributed by atoms with van der Waals surface area (Å²) in [4.78, 5) is 37.7. The molecule has 0 saturated carbocycles. The van der Waals surface area contributed by atoms with Gasteiger partial charge in [-0.3, -0.25) is 19.7 Å². The summed E-state index contributed by atoms with van der Waals surface area (Å²) in [5.41, 5.74) is 0.546. The maximum absolute atomic E-state index is 13.1. The summed E-state index contributed by atoms with van der Waals surface area (Å²) in [6, 6.07) is 10.2. The van der Waals surface area contributed by atoms with Crippen LogP contribution < -0.4 is 14.8 Å². The highest BCUT2D eigenvalue weighted by Crippen LogP contribution is 2.30. The van der Waals surface area contributed by atoms with Crippen molar-refractivity contribution >= 4 is 29.1 Å². The lowest BCUT2D eigenvalue weighted by molar-refractivity contribution is -0.385. The lowest BCUT2D eigenvalue weighted by Gasteiger charge is -2.29. The number of carbonyl (C=O) groups excluding carboxylic acids is 2. The number of carbonyl (C=O) groups is 2. The third-order valence-corrected chi connectivity index (χ3v) is 5.36. The molecule has 0 heterocycles. The van der Waals surface area contributed by atoms with Crippen LogP contribution in [0.5, 0.6) is 11.5 Å². The molecule has 1 N–H and O–H groups in total. The highest BCUT2D eigenvalue weighted by atomic mass is 35.5. The van der Waals surface area contributed by atoms with Crippen LogP contribution >= 0.6 is 11.6 Å². The molecule has 0 unspecified atom stereocenters. The van der Waals surface area contributed by atoms with Crippen LogP contribution in [0.4, 0.5) is 5.69 Å². The van der Waals surface area contributed by atoms with E-state index in [0.717, 1.165) is 12.0 Å². The molecule has 178 valence electrons. The molecule has 2 aromatic carbocycles. The van der Waals surface area contributed by atoms with E-state index in [0.29, 0.717) is 5.02 Å². The quantitative estimate of drug-likeness (QED) is 0.387. The van der Waals surface area contributed by atoms with Crippen molar-refractivity contribution in [1.82, 2.24) is 10.2 Å². The molecule has 0 aliphatic heterocycles. The number of rotatable bonds is 11. The zero-order valence-electron chi connectivity index (χ0n) is 19.0. The minimum Gasteiger partial charge on any atom is -0.490 e. The highest BCUT2D eigenvalue weighted by molar-refractivity contribution is 6.30. The number of amides is 2. The van der Waals surface area contributed by atoms with Crippen molar-refractivity contribution in [3.8, 4) is 11.5 Å². The first-order valence-electron chi connectivity index (χ1n) is 10.5. The van der Waals surface area contributed by atoms with E-state index in [1.807, 2.05) is 19.9 Å². The predicted octanol–water partition coefficient (Wildman–Crippen LogP) is 3.97. The number of hydrogen-bond donors (Lipinski definition) is 1. The molecule has 33 heavy (non-hydrogen) atoms. The van der Waals surface area contributed by atoms with E-state index in [4.69, 9.17) is 21.1 Å². The standard InChI is InChI=1S/C23H28ClN3O6/c1-5-15(2)25-23(29)16(3)26(13-17-7-6-8-18(24)11-17)22(28)14-33-19-9-10-20(27(30)31)21(12-19)32-4/h6-12,15-16H,5,13-14H2,1-4H3,(H,25,29)/t15-,16-/m1/s1. The van der Waals surface area contributed by atoms with Crippen LogP contribution in [0.2, 0.25) is 5.02 Å². The van der Waals surface area contributed by atoms with Crippen molar-refractivity contribution in [2.75, 3.05) is 13.7 Å². The van der Waals surface area contributed by atoms with Crippen molar-refractivity contribution in [3.05, 3.63) is 63.2 Å². The van der Waals surface area contributed by atoms with E-state index >= 15 is 0 Å². The molecule has 0 aromatic heterocycles. The van der Waals surface area contributed by atoms with Crippen LogP contribution in [0.3, 0.4) is 0 Å². The third kappa shape index (κ3) is 7.35. The zero-order valence-corrected chi connectivity index (χ0v) is 19.8. The second kappa shape index (κ2) is 12.1. The Bertz CT molecular complexity index is 1000. The monoisotopic (exact) mass is 477 g/mol. The van der Waals surface area contributed by atoms with Crippen molar-refractivity contribution < 1.29 is 24.0 Å². The van der Waals surface area contributed by atoms with Gasteiger partial charge in [-0.05, 0) is 44.0 Å². The van der Waals surface area contributed by atoms with Gasteiger partial charge in [-0.1, -0.05) is 30.7 Å². The number of nitrogens with one attached hydrogen (secondary N) is 1. The maximum Gasteiger partial charge on any atom is 0.311 e. The van der Waals surface area contributed by atoms with Gasteiger partial charge >= 0.3 is 5.69 Å². The number of methoxy groups -OCH3 is 1. The number of ether oxygens (including phenoxy) is 2. The minimum atomic E-state index is -0.763. The van der Waals surface area contributed by atoms with Gasteiger partial charge in [0.05, 0.1) is 12.0 Å². The van der Waals surface area contributed by atoms with Crippen LogP contribution in [0.15, 0.2) is 42.5 Å². The van der Waals surface area contributed by atoms with Crippen LogP contribution in [-0.4, -0.2) is 47.4 Å². The van der Waals surface area contributed by atoms with Gasteiger partial charge in [0.15, 0.2) is 6.61 Å². The number of nitro groups is 1. The van der Waals surface area contributed by atoms with Gasteiger partial charge < -0.3 is 19.7 Å². The van der Waals surface area contributed by atoms with Gasteiger partial charge in [-0.15, -0.1) is 0 Å². The summed E-state index contributed by atoms with van der Waals surface area (Å²) in [7, 11) is 1.31. The van der Waals surface area contributed by atoms with Crippen LogP contribution in [0, 0.1) is 10.1 Å². The van der Waals surface area contributed by atoms with E-state index in [-0.39, 0.29) is 42.3 Å².